The lowest BCUT2D eigenvalue weighted by atomic mass is 10.1. The van der Waals surface area contributed by atoms with E-state index >= 15 is 0 Å². The van der Waals surface area contributed by atoms with Crippen LogP contribution in [0.4, 0.5) is 19.0 Å². The van der Waals surface area contributed by atoms with Crippen LogP contribution in [-0.2, 0) is 15.7 Å². The van der Waals surface area contributed by atoms with Crippen LogP contribution in [0.25, 0.3) is 0 Å². The molecule has 124 valence electrons. The van der Waals surface area contributed by atoms with E-state index in [1.54, 1.807) is 4.90 Å². The van der Waals surface area contributed by atoms with Crippen molar-refractivity contribution in [3.05, 3.63) is 23.4 Å². The molecule has 0 spiro atoms. The average molecular weight is 328 g/mol. The van der Waals surface area contributed by atoms with Gasteiger partial charge in [0.1, 0.15) is 5.82 Å². The average Bonchev–Trinajstić information content (AvgIpc) is 2.93. The number of alkyl halides is 3. The molecule has 0 saturated carbocycles. The van der Waals surface area contributed by atoms with Crippen LogP contribution in [-0.4, -0.2) is 36.5 Å². The molecule has 1 aromatic rings. The molecule has 0 radical (unpaired) electrons. The predicted octanol–water partition coefficient (Wildman–Crippen LogP) is 1.75. The minimum absolute atomic E-state index is 0.0771. The van der Waals surface area contributed by atoms with E-state index in [2.05, 4.69) is 15.5 Å². The second-order valence-corrected chi connectivity index (χ2v) is 5.67. The van der Waals surface area contributed by atoms with Gasteiger partial charge in [0.05, 0.1) is 11.1 Å². The molecular formula is C14H15F3N4O2. The number of hydrogen-bond donors (Lipinski definition) is 1. The first-order chi connectivity index (χ1) is 10.8. The second-order valence-electron chi connectivity index (χ2n) is 5.67. The molecule has 3 rings (SSSR count). The molecule has 0 bridgehead atoms. The number of anilines is 1. The summed E-state index contributed by atoms with van der Waals surface area (Å²) in [4.78, 5) is 16.6. The van der Waals surface area contributed by atoms with E-state index in [1.165, 1.54) is 6.20 Å². The number of amides is 1. The number of carbonyl (C=O) groups is 1. The van der Waals surface area contributed by atoms with Crippen molar-refractivity contribution >= 4 is 17.6 Å². The van der Waals surface area contributed by atoms with E-state index in [0.29, 0.717) is 19.0 Å². The second kappa shape index (κ2) is 5.71. The highest BCUT2D eigenvalue weighted by Crippen LogP contribution is 2.37. The van der Waals surface area contributed by atoms with Crippen LogP contribution in [0.3, 0.4) is 0 Å². The lowest BCUT2D eigenvalue weighted by molar-refractivity contribution is -0.137. The monoisotopic (exact) mass is 328 g/mol. The fourth-order valence-electron chi connectivity index (χ4n) is 2.62. The van der Waals surface area contributed by atoms with Crippen molar-refractivity contribution in [3.8, 4) is 0 Å². The zero-order valence-electron chi connectivity index (χ0n) is 12.4. The Bertz CT molecular complexity index is 660. The number of ether oxygens (including phenoxy) is 1. The van der Waals surface area contributed by atoms with Gasteiger partial charge in [-0.15, -0.1) is 5.10 Å². The number of nitrogens with one attached hydrogen (secondary N) is 1. The highest BCUT2D eigenvalue weighted by molar-refractivity contribution is 5.98. The van der Waals surface area contributed by atoms with Gasteiger partial charge >= 0.3 is 6.18 Å². The van der Waals surface area contributed by atoms with Crippen molar-refractivity contribution in [2.45, 2.75) is 19.5 Å². The Morgan fingerprint density at radius 1 is 1.43 bits per heavy atom. The van der Waals surface area contributed by atoms with Gasteiger partial charge in [-0.3, -0.25) is 4.79 Å². The summed E-state index contributed by atoms with van der Waals surface area (Å²) in [6.07, 6.45) is -2.42. The van der Waals surface area contributed by atoms with Gasteiger partial charge in [0.25, 0.3) is 5.91 Å². The molecule has 3 heterocycles. The Morgan fingerprint density at radius 3 is 2.78 bits per heavy atom. The maximum Gasteiger partial charge on any atom is 0.419 e. The lowest BCUT2D eigenvalue weighted by Crippen LogP contribution is -2.32. The predicted molar refractivity (Wildman–Crippen MR) is 75.9 cm³/mol. The van der Waals surface area contributed by atoms with Crippen LogP contribution < -0.4 is 10.3 Å². The molecule has 1 aromatic heterocycles. The van der Waals surface area contributed by atoms with Gasteiger partial charge in [0.2, 0.25) is 5.90 Å². The molecule has 0 aromatic carbocycles. The molecule has 0 aliphatic carbocycles. The van der Waals surface area contributed by atoms with Crippen LogP contribution in [0.15, 0.2) is 17.4 Å². The molecule has 9 heteroatoms. The van der Waals surface area contributed by atoms with E-state index in [1.807, 2.05) is 6.92 Å². The zero-order valence-corrected chi connectivity index (χ0v) is 12.4. The van der Waals surface area contributed by atoms with E-state index in [9.17, 15) is 18.0 Å². The number of halogens is 3. The first kappa shape index (κ1) is 15.6. The van der Waals surface area contributed by atoms with Crippen molar-refractivity contribution in [2.24, 2.45) is 11.0 Å². The van der Waals surface area contributed by atoms with Crippen LogP contribution in [0.1, 0.15) is 24.5 Å². The first-order valence-corrected chi connectivity index (χ1v) is 7.16. The number of nitrogens with zero attached hydrogens (tertiary/aromatic N) is 3. The quantitative estimate of drug-likeness (QED) is 0.898. The molecule has 1 fully saturated rings. The molecule has 6 nitrogen and oxygen atoms in total. The standard InChI is InChI=1S/C14H15F3N4O2/c1-8-2-3-21(6-8)12-10(14(15,16)17)4-9(5-18-12)13-20-19-11(22)7-23-13/h4-5,8H,2-3,6-7H2,1H3,(H,19,22). The molecule has 1 saturated heterocycles. The molecule has 1 amide bonds. The summed E-state index contributed by atoms with van der Waals surface area (Å²) in [6.45, 7) is 2.80. The highest BCUT2D eigenvalue weighted by atomic mass is 19.4. The number of hydrogen-bond acceptors (Lipinski definition) is 5. The molecule has 2 aliphatic rings. The third-order valence-electron chi connectivity index (χ3n) is 3.76. The van der Waals surface area contributed by atoms with Gasteiger partial charge in [-0.2, -0.15) is 13.2 Å². The largest absolute Gasteiger partial charge is 0.466 e. The number of rotatable bonds is 2. The van der Waals surface area contributed by atoms with Gasteiger partial charge in [-0.1, -0.05) is 6.92 Å². The van der Waals surface area contributed by atoms with Gasteiger partial charge < -0.3 is 9.64 Å². The number of hydrazone groups is 1. The van der Waals surface area contributed by atoms with Crippen molar-refractivity contribution < 1.29 is 22.7 Å². The minimum Gasteiger partial charge on any atom is -0.466 e. The van der Waals surface area contributed by atoms with Crippen LogP contribution >= 0.6 is 0 Å². The van der Waals surface area contributed by atoms with Crippen LogP contribution in [0, 0.1) is 5.92 Å². The van der Waals surface area contributed by atoms with Gasteiger partial charge in [-0.25, -0.2) is 10.4 Å². The summed E-state index contributed by atoms with van der Waals surface area (Å²) in [5.74, 6) is -0.283. The van der Waals surface area contributed by atoms with Gasteiger partial charge in [0.15, 0.2) is 6.61 Å². The Kier molecular flexibility index (Phi) is 3.87. The van der Waals surface area contributed by atoms with Crippen molar-refractivity contribution in [1.29, 1.82) is 0 Å². The maximum atomic E-state index is 13.4. The van der Waals surface area contributed by atoms with Gasteiger partial charge in [-0.05, 0) is 18.4 Å². The van der Waals surface area contributed by atoms with Crippen LogP contribution in [0.2, 0.25) is 0 Å². The Balaban J connectivity index is 1.97. The third kappa shape index (κ3) is 3.22. The number of aromatic nitrogens is 1. The lowest BCUT2D eigenvalue weighted by Gasteiger charge is -2.22. The Labute approximate surface area is 130 Å². The Hall–Kier alpha value is -2.32. The van der Waals surface area contributed by atoms with Crippen LogP contribution in [0.5, 0.6) is 0 Å². The molecule has 1 unspecified atom stereocenters. The fourth-order valence-corrected chi connectivity index (χ4v) is 2.62. The highest BCUT2D eigenvalue weighted by Gasteiger charge is 2.38. The summed E-state index contributed by atoms with van der Waals surface area (Å²) in [7, 11) is 0. The van der Waals surface area contributed by atoms with Crippen molar-refractivity contribution in [3.63, 3.8) is 0 Å². The van der Waals surface area contributed by atoms with E-state index in [0.717, 1.165) is 12.5 Å². The summed E-state index contributed by atoms with van der Waals surface area (Å²) in [5, 5.41) is 3.62. The molecule has 1 atom stereocenters. The molecular weight excluding hydrogens is 313 g/mol. The summed E-state index contributed by atoms with van der Waals surface area (Å²) < 4.78 is 45.2. The zero-order chi connectivity index (χ0) is 16.6. The Morgan fingerprint density at radius 2 is 2.22 bits per heavy atom. The topological polar surface area (TPSA) is 66.8 Å². The SMILES string of the molecule is CC1CCN(c2ncc(C3=NNC(=O)CO3)cc2C(F)(F)F)C1. The maximum absolute atomic E-state index is 13.4. The third-order valence-corrected chi connectivity index (χ3v) is 3.76. The molecule has 2 aliphatic heterocycles. The van der Waals surface area contributed by atoms with Gasteiger partial charge in [0, 0.05) is 19.3 Å². The van der Waals surface area contributed by atoms with E-state index < -0.39 is 17.6 Å². The summed E-state index contributed by atoms with van der Waals surface area (Å²) >= 11 is 0. The molecule has 23 heavy (non-hydrogen) atoms. The number of carbonyl (C=O) groups excluding carboxylic acids is 1. The fraction of sp³-hybridized carbons (Fsp3) is 0.500. The van der Waals surface area contributed by atoms with E-state index in [-0.39, 0.29) is 23.9 Å². The smallest absolute Gasteiger partial charge is 0.419 e. The normalized spacial score (nSPS) is 21.7. The number of pyridine rings is 1. The summed E-state index contributed by atoms with van der Waals surface area (Å²) in [5.41, 5.74) is 1.42. The van der Waals surface area contributed by atoms with Crippen molar-refractivity contribution in [2.75, 3.05) is 24.6 Å². The summed E-state index contributed by atoms with van der Waals surface area (Å²) in [6, 6.07) is 0.960. The molecule has 1 N–H and O–H groups in total. The minimum atomic E-state index is -4.54. The van der Waals surface area contributed by atoms with E-state index in [4.69, 9.17) is 4.74 Å². The first-order valence-electron chi connectivity index (χ1n) is 7.16. The van der Waals surface area contributed by atoms with Crippen molar-refractivity contribution in [1.82, 2.24) is 10.4 Å².